The molecule has 2 heterocycles. The Morgan fingerprint density at radius 2 is 1.80 bits per heavy atom. The fraction of sp³-hybridized carbons (Fsp3) is 0.267. The van der Waals surface area contributed by atoms with Gasteiger partial charge in [0.25, 0.3) is 0 Å². The average molecular weight is 666 g/mol. The van der Waals surface area contributed by atoms with Crippen LogP contribution in [-0.4, -0.2) is 35.6 Å². The van der Waals surface area contributed by atoms with E-state index in [-0.39, 0.29) is 56.6 Å². The van der Waals surface area contributed by atoms with Crippen molar-refractivity contribution in [2.24, 2.45) is 0 Å². The molecule has 0 radical (unpaired) electrons. The summed E-state index contributed by atoms with van der Waals surface area (Å²) >= 11 is 0. The number of hydrogen-bond acceptors (Lipinski definition) is 7. The lowest BCUT2D eigenvalue weighted by Gasteiger charge is -2.26. The van der Waals surface area contributed by atoms with Gasteiger partial charge in [0, 0.05) is 11.6 Å². The lowest BCUT2D eigenvalue weighted by atomic mass is 9.93. The smallest absolute Gasteiger partial charge is 0.484 e. The monoisotopic (exact) mass is 665 g/mol. The first-order valence-electron chi connectivity index (χ1n) is 13.8. The maximum absolute atomic E-state index is 14.1. The molecule has 2 unspecified atom stereocenters. The molecule has 6 rings (SSSR count). The van der Waals surface area contributed by atoms with Gasteiger partial charge in [0.05, 0.1) is 21.8 Å². The van der Waals surface area contributed by atoms with Crippen LogP contribution in [0.1, 0.15) is 64.8 Å². The Labute approximate surface area is 258 Å². The van der Waals surface area contributed by atoms with E-state index >= 15 is 0 Å². The minimum atomic E-state index is -4.81. The van der Waals surface area contributed by atoms with Crippen LogP contribution < -0.4 is 18.9 Å². The van der Waals surface area contributed by atoms with Gasteiger partial charge in [-0.05, 0) is 86.3 Å². The maximum atomic E-state index is 14.1. The van der Waals surface area contributed by atoms with Crippen LogP contribution in [0.25, 0.3) is 5.69 Å². The van der Waals surface area contributed by atoms with Crippen LogP contribution in [-0.2, 0) is 22.6 Å². The molecule has 2 aliphatic rings. The Morgan fingerprint density at radius 3 is 2.50 bits per heavy atom. The highest BCUT2D eigenvalue weighted by Gasteiger charge is 2.44. The van der Waals surface area contributed by atoms with Crippen LogP contribution >= 0.6 is 0 Å². The Morgan fingerprint density at radius 1 is 1.09 bits per heavy atom. The number of benzene rings is 3. The molecular weight excluding hydrogens is 641 g/mol. The molecular formula is C30H24F5N3O7S. The number of carboxylic acids is 1. The topological polar surface area (TPSA) is 129 Å². The SMILES string of the molecule is CC(NS(=O)(=O)c1cccc(-n2nc(C(F)(F)F)c3c2C(Oc2ccc(C(=O)O)cc2)CCC3)c1)c1ccc2c(c1)OC(F)(F)O2. The van der Waals surface area contributed by atoms with Gasteiger partial charge in [-0.2, -0.15) is 18.3 Å². The van der Waals surface area contributed by atoms with Gasteiger partial charge in [-0.15, -0.1) is 8.78 Å². The predicted molar refractivity (Wildman–Crippen MR) is 150 cm³/mol. The Balaban J connectivity index is 1.32. The minimum Gasteiger partial charge on any atom is -0.484 e. The highest BCUT2D eigenvalue weighted by molar-refractivity contribution is 7.89. The molecule has 2 N–H and O–H groups in total. The minimum absolute atomic E-state index is 0.00195. The van der Waals surface area contributed by atoms with Crippen LogP contribution in [0.3, 0.4) is 0 Å². The molecule has 16 heteroatoms. The number of alkyl halides is 5. The molecule has 2 atom stereocenters. The van der Waals surface area contributed by atoms with E-state index in [9.17, 15) is 35.2 Å². The molecule has 10 nitrogen and oxygen atoms in total. The molecule has 242 valence electrons. The van der Waals surface area contributed by atoms with Crippen molar-refractivity contribution in [3.8, 4) is 22.9 Å². The number of nitrogens with zero attached hydrogens (tertiary/aromatic N) is 2. The first kappa shape index (κ1) is 31.3. The lowest BCUT2D eigenvalue weighted by Crippen LogP contribution is -2.27. The van der Waals surface area contributed by atoms with E-state index in [1.165, 1.54) is 67.6 Å². The zero-order valence-corrected chi connectivity index (χ0v) is 24.5. The molecule has 46 heavy (non-hydrogen) atoms. The maximum Gasteiger partial charge on any atom is 0.586 e. The van der Waals surface area contributed by atoms with E-state index in [1.54, 1.807) is 0 Å². The summed E-state index contributed by atoms with van der Waals surface area (Å²) in [6.07, 6.45) is -8.85. The van der Waals surface area contributed by atoms with Crippen LogP contribution in [0.2, 0.25) is 0 Å². The molecule has 1 aliphatic carbocycles. The summed E-state index contributed by atoms with van der Waals surface area (Å²) in [5, 5.41) is 13.0. The number of nitrogens with one attached hydrogen (secondary N) is 1. The van der Waals surface area contributed by atoms with E-state index in [0.29, 0.717) is 12.8 Å². The second-order valence-electron chi connectivity index (χ2n) is 10.7. The molecule has 0 amide bonds. The lowest BCUT2D eigenvalue weighted by molar-refractivity contribution is -0.286. The summed E-state index contributed by atoms with van der Waals surface area (Å²) in [4.78, 5) is 10.9. The number of carboxylic acid groups (broad SMARTS) is 1. The van der Waals surface area contributed by atoms with Crippen LogP contribution in [0, 0.1) is 0 Å². The number of aromatic nitrogens is 2. The zero-order chi connectivity index (χ0) is 33.0. The van der Waals surface area contributed by atoms with Gasteiger partial charge in [-0.25, -0.2) is 22.6 Å². The van der Waals surface area contributed by atoms with Gasteiger partial charge in [-0.3, -0.25) is 0 Å². The normalized spacial score (nSPS) is 17.7. The quantitative estimate of drug-likeness (QED) is 0.207. The third-order valence-corrected chi connectivity index (χ3v) is 9.04. The van der Waals surface area contributed by atoms with Gasteiger partial charge in [0.15, 0.2) is 17.2 Å². The number of fused-ring (bicyclic) bond motifs is 2. The first-order valence-corrected chi connectivity index (χ1v) is 15.3. The van der Waals surface area contributed by atoms with Crippen molar-refractivity contribution in [1.29, 1.82) is 0 Å². The van der Waals surface area contributed by atoms with E-state index in [4.69, 9.17) is 9.84 Å². The summed E-state index contributed by atoms with van der Waals surface area (Å²) in [7, 11) is -4.30. The predicted octanol–water partition coefficient (Wildman–Crippen LogP) is 6.41. The number of rotatable bonds is 8. The summed E-state index contributed by atoms with van der Waals surface area (Å²) in [5.74, 6) is -1.41. The fourth-order valence-electron chi connectivity index (χ4n) is 5.41. The fourth-order valence-corrected chi connectivity index (χ4v) is 6.68. The molecule has 1 aliphatic heterocycles. The summed E-state index contributed by atoms with van der Waals surface area (Å²) in [5.41, 5.74) is -0.808. The third kappa shape index (κ3) is 6.09. The van der Waals surface area contributed by atoms with Crippen molar-refractivity contribution in [3.05, 3.63) is 94.8 Å². The second kappa shape index (κ2) is 11.3. The van der Waals surface area contributed by atoms with Crippen molar-refractivity contribution < 1.29 is 54.5 Å². The number of sulfonamides is 1. The second-order valence-corrected chi connectivity index (χ2v) is 12.4. The number of hydrogen-bond donors (Lipinski definition) is 2. The molecule has 0 saturated heterocycles. The number of carbonyl (C=O) groups is 1. The molecule has 0 bridgehead atoms. The number of aromatic carboxylic acids is 1. The van der Waals surface area contributed by atoms with Crippen molar-refractivity contribution in [3.63, 3.8) is 0 Å². The van der Waals surface area contributed by atoms with Crippen LogP contribution in [0.15, 0.2) is 71.6 Å². The Hall–Kier alpha value is -4.70. The van der Waals surface area contributed by atoms with Gasteiger partial charge < -0.3 is 19.3 Å². The first-order chi connectivity index (χ1) is 21.6. The average Bonchev–Trinajstić information content (AvgIpc) is 3.54. The number of ether oxygens (including phenoxy) is 3. The van der Waals surface area contributed by atoms with Gasteiger partial charge in [-0.1, -0.05) is 12.1 Å². The van der Waals surface area contributed by atoms with Crippen LogP contribution in [0.5, 0.6) is 17.2 Å². The van der Waals surface area contributed by atoms with Gasteiger partial charge in [0.2, 0.25) is 10.0 Å². The van der Waals surface area contributed by atoms with E-state index in [2.05, 4.69) is 19.3 Å². The standard InChI is InChI=1S/C30H24F5N3O7S/c1-16(18-10-13-23-25(14-18)45-30(34,35)44-23)37-46(41,42)21-5-2-4-19(15-21)38-26-22(27(36-38)29(31,32)33)6-3-7-24(26)43-20-11-8-17(9-12-20)28(39)40/h2,4-5,8-16,24,37H,3,6-7H2,1H3,(H,39,40). The van der Waals surface area contributed by atoms with Gasteiger partial charge >= 0.3 is 18.4 Å². The summed E-state index contributed by atoms with van der Waals surface area (Å²) in [6.45, 7) is 1.47. The summed E-state index contributed by atoms with van der Waals surface area (Å²) in [6, 6.07) is 13.5. The van der Waals surface area contributed by atoms with Crippen molar-refractivity contribution >= 4 is 16.0 Å². The largest absolute Gasteiger partial charge is 0.586 e. The van der Waals surface area contributed by atoms with E-state index in [1.807, 2.05) is 0 Å². The highest BCUT2D eigenvalue weighted by atomic mass is 32.2. The zero-order valence-electron chi connectivity index (χ0n) is 23.7. The highest BCUT2D eigenvalue weighted by Crippen LogP contribution is 2.43. The van der Waals surface area contributed by atoms with Crippen molar-refractivity contribution in [2.45, 2.75) is 55.7 Å². The van der Waals surface area contributed by atoms with E-state index in [0.717, 1.165) is 10.7 Å². The molecule has 4 aromatic rings. The molecule has 3 aromatic carbocycles. The molecule has 0 spiro atoms. The van der Waals surface area contributed by atoms with Crippen LogP contribution in [0.4, 0.5) is 22.0 Å². The van der Waals surface area contributed by atoms with Crippen molar-refractivity contribution in [2.75, 3.05) is 0 Å². The molecule has 0 fully saturated rings. The number of halogens is 5. The summed E-state index contributed by atoms with van der Waals surface area (Å²) < 4.78 is 114. The Kier molecular flexibility index (Phi) is 7.67. The Bertz CT molecular complexity index is 1930. The molecule has 0 saturated carbocycles. The van der Waals surface area contributed by atoms with Crippen molar-refractivity contribution in [1.82, 2.24) is 14.5 Å². The third-order valence-electron chi connectivity index (χ3n) is 7.50. The van der Waals surface area contributed by atoms with Gasteiger partial charge in [0.1, 0.15) is 11.9 Å². The molecule has 1 aromatic heterocycles. The van der Waals surface area contributed by atoms with E-state index < -0.39 is 46.3 Å².